The van der Waals surface area contributed by atoms with Crippen LogP contribution in [0, 0.1) is 0 Å². The van der Waals surface area contributed by atoms with Crippen LogP contribution >= 0.6 is 11.6 Å². The smallest absolute Gasteiger partial charge is 0.256 e. The standard InChI is InChI=1S/C26H23ClN6O2/c1-2-23(34)32-13-5-6-19(32)16-33-25-20(14-28-15-21(25)27)24(31-33)17-8-10-18(11-9-17)26(35)30-22-7-3-4-12-29-22/h2-4,7-12,14-15,19H,1,5-6,13,16H2,(H,29,30,35)/t19-/m0/s1. The van der Waals surface area contributed by atoms with Crippen molar-refractivity contribution < 1.29 is 9.59 Å². The van der Waals surface area contributed by atoms with Gasteiger partial charge in [0.15, 0.2) is 0 Å². The van der Waals surface area contributed by atoms with E-state index in [0.29, 0.717) is 35.2 Å². The second kappa shape index (κ2) is 9.68. The third kappa shape index (κ3) is 4.52. The van der Waals surface area contributed by atoms with Crippen molar-refractivity contribution in [3.05, 3.63) is 84.3 Å². The fourth-order valence-electron chi connectivity index (χ4n) is 4.47. The zero-order valence-corrected chi connectivity index (χ0v) is 19.7. The molecule has 0 bridgehead atoms. The first-order chi connectivity index (χ1) is 17.0. The third-order valence-electron chi connectivity index (χ3n) is 6.15. The zero-order valence-electron chi connectivity index (χ0n) is 18.9. The highest BCUT2D eigenvalue weighted by Gasteiger charge is 2.29. The topological polar surface area (TPSA) is 93.0 Å². The molecule has 5 rings (SSSR count). The SMILES string of the molecule is C=CC(=O)N1CCC[C@H]1Cn1nc(-c2ccc(C(=O)Nc3ccccn3)cc2)c2cncc(Cl)c21. The Morgan fingerprint density at radius 2 is 2.00 bits per heavy atom. The van der Waals surface area contributed by atoms with Crippen LogP contribution in [0.15, 0.2) is 73.7 Å². The summed E-state index contributed by atoms with van der Waals surface area (Å²) in [6.45, 7) is 4.85. The van der Waals surface area contributed by atoms with Crippen molar-refractivity contribution in [2.75, 3.05) is 11.9 Å². The summed E-state index contributed by atoms with van der Waals surface area (Å²) in [7, 11) is 0. The van der Waals surface area contributed by atoms with E-state index in [1.165, 1.54) is 6.08 Å². The molecule has 4 aromatic rings. The fraction of sp³-hybridized carbons (Fsp3) is 0.192. The molecule has 8 nitrogen and oxygen atoms in total. The number of hydrogen-bond acceptors (Lipinski definition) is 5. The Kier molecular flexibility index (Phi) is 6.29. The number of aromatic nitrogens is 4. The molecule has 0 saturated carbocycles. The lowest BCUT2D eigenvalue weighted by molar-refractivity contribution is -0.127. The van der Waals surface area contributed by atoms with E-state index in [1.54, 1.807) is 42.9 Å². The fourth-order valence-corrected chi connectivity index (χ4v) is 4.73. The van der Waals surface area contributed by atoms with Crippen LogP contribution in [0.4, 0.5) is 5.82 Å². The number of likely N-dealkylation sites (tertiary alicyclic amines) is 1. The van der Waals surface area contributed by atoms with Crippen LogP contribution in [0.5, 0.6) is 0 Å². The minimum absolute atomic E-state index is 0.0124. The van der Waals surface area contributed by atoms with E-state index in [-0.39, 0.29) is 17.9 Å². The second-order valence-corrected chi connectivity index (χ2v) is 8.73. The molecule has 1 aliphatic heterocycles. The van der Waals surface area contributed by atoms with E-state index >= 15 is 0 Å². The molecule has 4 heterocycles. The summed E-state index contributed by atoms with van der Waals surface area (Å²) in [6, 6.07) is 12.5. The Morgan fingerprint density at radius 3 is 2.74 bits per heavy atom. The van der Waals surface area contributed by atoms with Crippen LogP contribution < -0.4 is 5.32 Å². The van der Waals surface area contributed by atoms with Gasteiger partial charge in [0.25, 0.3) is 5.91 Å². The van der Waals surface area contributed by atoms with Gasteiger partial charge in [-0.15, -0.1) is 0 Å². The number of nitrogens with zero attached hydrogens (tertiary/aromatic N) is 5. The van der Waals surface area contributed by atoms with Crippen LogP contribution in [0.25, 0.3) is 22.2 Å². The number of rotatable bonds is 6. The summed E-state index contributed by atoms with van der Waals surface area (Å²) in [5.74, 6) is 0.169. The molecule has 0 aliphatic carbocycles. The summed E-state index contributed by atoms with van der Waals surface area (Å²) in [4.78, 5) is 35.1. The zero-order chi connectivity index (χ0) is 24.4. The average molecular weight is 487 g/mol. The molecule has 35 heavy (non-hydrogen) atoms. The molecule has 1 aliphatic rings. The van der Waals surface area contributed by atoms with Gasteiger partial charge in [-0.05, 0) is 43.2 Å². The molecule has 3 aromatic heterocycles. The predicted octanol–water partition coefficient (Wildman–Crippen LogP) is 4.58. The largest absolute Gasteiger partial charge is 0.334 e. The van der Waals surface area contributed by atoms with Crippen molar-refractivity contribution in [1.29, 1.82) is 0 Å². The minimum Gasteiger partial charge on any atom is -0.334 e. The Labute approximate surface area is 207 Å². The van der Waals surface area contributed by atoms with Gasteiger partial charge < -0.3 is 10.2 Å². The lowest BCUT2D eigenvalue weighted by Gasteiger charge is -2.23. The van der Waals surface area contributed by atoms with Gasteiger partial charge in [0.05, 0.1) is 23.1 Å². The number of carbonyl (C=O) groups is 2. The quantitative estimate of drug-likeness (QED) is 0.403. The number of fused-ring (bicyclic) bond motifs is 1. The van der Waals surface area contributed by atoms with Gasteiger partial charge in [0.1, 0.15) is 11.5 Å². The Balaban J connectivity index is 1.45. The van der Waals surface area contributed by atoms with Gasteiger partial charge in [-0.3, -0.25) is 19.3 Å². The van der Waals surface area contributed by atoms with Crippen LogP contribution in [0.2, 0.25) is 5.02 Å². The number of nitrogens with one attached hydrogen (secondary N) is 1. The highest BCUT2D eigenvalue weighted by Crippen LogP contribution is 2.33. The van der Waals surface area contributed by atoms with Crippen LogP contribution in [0.3, 0.4) is 0 Å². The average Bonchev–Trinajstić information content (AvgIpc) is 3.50. The van der Waals surface area contributed by atoms with Crippen molar-refractivity contribution in [3.63, 3.8) is 0 Å². The molecule has 1 aromatic carbocycles. The van der Waals surface area contributed by atoms with Crippen LogP contribution in [0.1, 0.15) is 23.2 Å². The number of pyridine rings is 2. The summed E-state index contributed by atoms with van der Waals surface area (Å²) < 4.78 is 1.86. The van der Waals surface area contributed by atoms with E-state index in [0.717, 1.165) is 29.3 Å². The summed E-state index contributed by atoms with van der Waals surface area (Å²) >= 11 is 6.54. The first-order valence-electron chi connectivity index (χ1n) is 11.3. The molecule has 0 spiro atoms. The van der Waals surface area contributed by atoms with Crippen molar-refractivity contribution in [3.8, 4) is 11.3 Å². The van der Waals surface area contributed by atoms with Crippen molar-refractivity contribution in [2.45, 2.75) is 25.4 Å². The molecule has 176 valence electrons. The van der Waals surface area contributed by atoms with Gasteiger partial charge in [-0.25, -0.2) is 4.98 Å². The molecule has 1 N–H and O–H groups in total. The first-order valence-corrected chi connectivity index (χ1v) is 11.7. The third-order valence-corrected chi connectivity index (χ3v) is 6.43. The van der Waals surface area contributed by atoms with Crippen molar-refractivity contribution >= 4 is 40.1 Å². The van der Waals surface area contributed by atoms with E-state index in [9.17, 15) is 9.59 Å². The van der Waals surface area contributed by atoms with Gasteiger partial charge in [-0.2, -0.15) is 5.10 Å². The lowest BCUT2D eigenvalue weighted by atomic mass is 10.1. The molecule has 2 amide bonds. The maximum atomic E-state index is 12.6. The molecule has 0 unspecified atom stereocenters. The highest BCUT2D eigenvalue weighted by molar-refractivity contribution is 6.35. The highest BCUT2D eigenvalue weighted by atomic mass is 35.5. The van der Waals surface area contributed by atoms with Crippen LogP contribution in [-0.4, -0.2) is 49.0 Å². The number of benzene rings is 1. The molecule has 9 heteroatoms. The predicted molar refractivity (Wildman–Crippen MR) is 135 cm³/mol. The monoisotopic (exact) mass is 486 g/mol. The number of hydrogen-bond donors (Lipinski definition) is 1. The molecular formula is C26H23ClN6O2. The van der Waals surface area contributed by atoms with E-state index in [4.69, 9.17) is 16.7 Å². The molecule has 1 atom stereocenters. The summed E-state index contributed by atoms with van der Waals surface area (Å²) in [5.41, 5.74) is 2.82. The van der Waals surface area contributed by atoms with Crippen LogP contribution in [-0.2, 0) is 11.3 Å². The second-order valence-electron chi connectivity index (χ2n) is 8.33. The van der Waals surface area contributed by atoms with Gasteiger partial charge in [0.2, 0.25) is 5.91 Å². The van der Waals surface area contributed by atoms with E-state index in [2.05, 4.69) is 21.9 Å². The van der Waals surface area contributed by atoms with Gasteiger partial charge >= 0.3 is 0 Å². The first kappa shape index (κ1) is 22.7. The Hall–Kier alpha value is -4.04. The molecule has 1 saturated heterocycles. The summed E-state index contributed by atoms with van der Waals surface area (Å²) in [5, 5.41) is 8.95. The number of halogens is 1. The van der Waals surface area contributed by atoms with Crippen molar-refractivity contribution in [1.82, 2.24) is 24.6 Å². The Morgan fingerprint density at radius 1 is 1.17 bits per heavy atom. The lowest BCUT2D eigenvalue weighted by Crippen LogP contribution is -2.37. The minimum atomic E-state index is -0.247. The van der Waals surface area contributed by atoms with Gasteiger partial charge in [-0.1, -0.05) is 36.4 Å². The molecule has 0 radical (unpaired) electrons. The number of carbonyl (C=O) groups excluding carboxylic acids is 2. The number of amides is 2. The Bertz CT molecular complexity index is 1400. The normalized spacial score (nSPS) is 15.3. The molecular weight excluding hydrogens is 464 g/mol. The van der Waals surface area contributed by atoms with E-state index < -0.39 is 0 Å². The van der Waals surface area contributed by atoms with Gasteiger partial charge in [0, 0.05) is 41.6 Å². The molecule has 1 fully saturated rings. The summed E-state index contributed by atoms with van der Waals surface area (Å²) in [6.07, 6.45) is 8.14. The van der Waals surface area contributed by atoms with Crippen molar-refractivity contribution in [2.24, 2.45) is 0 Å². The number of anilines is 1. The maximum Gasteiger partial charge on any atom is 0.256 e. The maximum absolute atomic E-state index is 12.6. The van der Waals surface area contributed by atoms with E-state index in [1.807, 2.05) is 27.8 Å².